The van der Waals surface area contributed by atoms with Crippen molar-refractivity contribution < 1.29 is 13.9 Å². The molecule has 0 fully saturated rings. The van der Waals surface area contributed by atoms with Crippen LogP contribution in [0.4, 0.5) is 0 Å². The Kier molecular flexibility index (Phi) is 4.42. The van der Waals surface area contributed by atoms with Gasteiger partial charge in [-0.05, 0) is 37.3 Å². The normalized spacial score (nSPS) is 10.8. The number of amides is 1. The van der Waals surface area contributed by atoms with Gasteiger partial charge in [0.2, 0.25) is 0 Å². The predicted molar refractivity (Wildman–Crippen MR) is 76.5 cm³/mol. The summed E-state index contributed by atoms with van der Waals surface area (Å²) in [5.74, 6) is 1.34. The van der Waals surface area contributed by atoms with Gasteiger partial charge in [0.05, 0.1) is 18.9 Å². The van der Waals surface area contributed by atoms with Crippen LogP contribution in [0.2, 0.25) is 5.02 Å². The molecule has 2 rings (SSSR count). The van der Waals surface area contributed by atoms with Gasteiger partial charge >= 0.3 is 0 Å². The first-order valence-corrected chi connectivity index (χ1v) is 6.21. The Morgan fingerprint density at radius 2 is 2.20 bits per heavy atom. The van der Waals surface area contributed by atoms with Gasteiger partial charge in [-0.2, -0.15) is 5.10 Å². The number of nitrogens with zero attached hydrogens (tertiary/aromatic N) is 1. The second-order valence-corrected chi connectivity index (χ2v) is 4.43. The van der Waals surface area contributed by atoms with E-state index in [1.807, 2.05) is 13.0 Å². The molecule has 1 aromatic heterocycles. The molecule has 5 nitrogen and oxygen atoms in total. The molecule has 1 heterocycles. The zero-order valence-corrected chi connectivity index (χ0v) is 11.8. The van der Waals surface area contributed by atoms with E-state index in [0.717, 1.165) is 5.76 Å². The summed E-state index contributed by atoms with van der Waals surface area (Å²) >= 11 is 5.86. The van der Waals surface area contributed by atoms with E-state index in [1.165, 1.54) is 19.4 Å². The molecule has 1 N–H and O–H groups in total. The monoisotopic (exact) mass is 292 g/mol. The van der Waals surface area contributed by atoms with Crippen molar-refractivity contribution in [1.29, 1.82) is 0 Å². The Labute approximate surface area is 121 Å². The number of rotatable bonds is 4. The molecule has 2 aromatic rings. The molecule has 0 aliphatic rings. The molecule has 0 saturated carbocycles. The van der Waals surface area contributed by atoms with Gasteiger partial charge in [-0.3, -0.25) is 4.79 Å². The average Bonchev–Trinajstić information content (AvgIpc) is 2.84. The van der Waals surface area contributed by atoms with Gasteiger partial charge in [-0.15, -0.1) is 0 Å². The van der Waals surface area contributed by atoms with Crippen LogP contribution in [0.25, 0.3) is 0 Å². The van der Waals surface area contributed by atoms with Crippen LogP contribution in [0.5, 0.6) is 5.75 Å². The van der Waals surface area contributed by atoms with Gasteiger partial charge in [-0.1, -0.05) is 11.6 Å². The maximum Gasteiger partial charge on any atom is 0.275 e. The van der Waals surface area contributed by atoms with Gasteiger partial charge < -0.3 is 9.15 Å². The van der Waals surface area contributed by atoms with E-state index in [4.69, 9.17) is 20.8 Å². The average molecular weight is 293 g/mol. The van der Waals surface area contributed by atoms with Gasteiger partial charge in [0.1, 0.15) is 17.3 Å². The topological polar surface area (TPSA) is 63.8 Å². The standard InChI is InChI=1S/C14H13ClN2O3/c1-9-3-5-11(20-9)8-16-17-14(18)12-7-10(15)4-6-13(12)19-2/h3-8H,1-2H3,(H,17,18)/b16-8+. The third-order valence-corrected chi connectivity index (χ3v) is 2.76. The molecule has 1 amide bonds. The minimum atomic E-state index is -0.413. The molecule has 6 heteroatoms. The largest absolute Gasteiger partial charge is 0.496 e. The summed E-state index contributed by atoms with van der Waals surface area (Å²) < 4.78 is 10.4. The first-order valence-electron chi connectivity index (χ1n) is 5.83. The minimum Gasteiger partial charge on any atom is -0.496 e. The van der Waals surface area contributed by atoms with Crippen molar-refractivity contribution in [3.8, 4) is 5.75 Å². The van der Waals surface area contributed by atoms with Crippen LogP contribution < -0.4 is 10.2 Å². The Hall–Kier alpha value is -2.27. The zero-order valence-electron chi connectivity index (χ0n) is 11.0. The van der Waals surface area contributed by atoms with E-state index in [-0.39, 0.29) is 0 Å². The number of nitrogens with one attached hydrogen (secondary N) is 1. The van der Waals surface area contributed by atoms with Crippen molar-refractivity contribution in [1.82, 2.24) is 5.43 Å². The number of methoxy groups -OCH3 is 1. The van der Waals surface area contributed by atoms with Crippen LogP contribution in [0.15, 0.2) is 39.9 Å². The summed E-state index contributed by atoms with van der Waals surface area (Å²) in [4.78, 5) is 12.0. The molecule has 0 saturated heterocycles. The Bertz CT molecular complexity index is 650. The van der Waals surface area contributed by atoms with E-state index in [1.54, 1.807) is 18.2 Å². The quantitative estimate of drug-likeness (QED) is 0.696. The Morgan fingerprint density at radius 1 is 1.40 bits per heavy atom. The number of halogens is 1. The molecule has 0 spiro atoms. The number of benzene rings is 1. The third kappa shape index (κ3) is 3.39. The van der Waals surface area contributed by atoms with Crippen LogP contribution in [0, 0.1) is 6.92 Å². The number of carbonyl (C=O) groups is 1. The van der Waals surface area contributed by atoms with Crippen LogP contribution >= 0.6 is 11.6 Å². The first-order chi connectivity index (χ1) is 9.60. The highest BCUT2D eigenvalue weighted by Gasteiger charge is 2.12. The van der Waals surface area contributed by atoms with Crippen LogP contribution in [0.3, 0.4) is 0 Å². The summed E-state index contributed by atoms with van der Waals surface area (Å²) in [5, 5.41) is 4.27. The molecular weight excluding hydrogens is 280 g/mol. The van der Waals surface area contributed by atoms with E-state index in [2.05, 4.69) is 10.5 Å². The fourth-order valence-corrected chi connectivity index (χ4v) is 1.77. The molecule has 1 aromatic carbocycles. The summed E-state index contributed by atoms with van der Waals surface area (Å²) in [5.41, 5.74) is 2.70. The number of carbonyl (C=O) groups excluding carboxylic acids is 1. The molecule has 0 bridgehead atoms. The number of hydrogen-bond donors (Lipinski definition) is 1. The Balaban J connectivity index is 2.08. The highest BCUT2D eigenvalue weighted by molar-refractivity contribution is 6.31. The lowest BCUT2D eigenvalue weighted by atomic mass is 10.2. The molecule has 104 valence electrons. The van der Waals surface area contributed by atoms with Crippen LogP contribution in [0.1, 0.15) is 21.9 Å². The van der Waals surface area contributed by atoms with Crippen LogP contribution in [-0.2, 0) is 0 Å². The predicted octanol–water partition coefficient (Wildman–Crippen LogP) is 3.01. The van der Waals surface area contributed by atoms with Crippen molar-refractivity contribution in [3.63, 3.8) is 0 Å². The maximum atomic E-state index is 12.0. The number of furan rings is 1. The highest BCUT2D eigenvalue weighted by Crippen LogP contribution is 2.22. The number of hydrogen-bond acceptors (Lipinski definition) is 4. The summed E-state index contributed by atoms with van der Waals surface area (Å²) in [6.45, 7) is 1.83. The third-order valence-electron chi connectivity index (χ3n) is 2.53. The van der Waals surface area contributed by atoms with E-state index in [0.29, 0.717) is 22.1 Å². The van der Waals surface area contributed by atoms with E-state index < -0.39 is 5.91 Å². The van der Waals surface area contributed by atoms with E-state index >= 15 is 0 Å². The van der Waals surface area contributed by atoms with Crippen LogP contribution in [-0.4, -0.2) is 19.2 Å². The minimum absolute atomic E-state index is 0.313. The molecule has 0 unspecified atom stereocenters. The Morgan fingerprint density at radius 3 is 2.85 bits per heavy atom. The second-order valence-electron chi connectivity index (χ2n) is 3.99. The van der Waals surface area contributed by atoms with Crippen molar-refractivity contribution in [2.45, 2.75) is 6.92 Å². The maximum absolute atomic E-state index is 12.0. The summed E-state index contributed by atoms with van der Waals surface area (Å²) in [6, 6.07) is 8.35. The number of ether oxygens (including phenoxy) is 1. The molecule has 0 atom stereocenters. The lowest BCUT2D eigenvalue weighted by Crippen LogP contribution is -2.18. The fourth-order valence-electron chi connectivity index (χ4n) is 1.60. The first kappa shape index (κ1) is 14.1. The van der Waals surface area contributed by atoms with Gasteiger partial charge in [-0.25, -0.2) is 5.43 Å². The lowest BCUT2D eigenvalue weighted by Gasteiger charge is -2.06. The summed E-state index contributed by atoms with van der Waals surface area (Å²) in [6.07, 6.45) is 1.42. The van der Waals surface area contributed by atoms with Crippen molar-refractivity contribution >= 4 is 23.7 Å². The SMILES string of the molecule is COc1ccc(Cl)cc1C(=O)N/N=C/c1ccc(C)o1. The van der Waals surface area contributed by atoms with Gasteiger partial charge in [0, 0.05) is 5.02 Å². The second kappa shape index (κ2) is 6.25. The lowest BCUT2D eigenvalue weighted by molar-refractivity contribution is 0.0952. The van der Waals surface area contributed by atoms with E-state index in [9.17, 15) is 4.79 Å². The molecule has 0 aliphatic heterocycles. The van der Waals surface area contributed by atoms with Gasteiger partial charge in [0.25, 0.3) is 5.91 Å². The van der Waals surface area contributed by atoms with Gasteiger partial charge in [0.15, 0.2) is 0 Å². The fraction of sp³-hybridized carbons (Fsp3) is 0.143. The molecule has 0 radical (unpaired) electrons. The summed E-state index contributed by atoms with van der Waals surface area (Å²) in [7, 11) is 1.48. The highest BCUT2D eigenvalue weighted by atomic mass is 35.5. The van der Waals surface area contributed by atoms with Crippen molar-refractivity contribution in [2.24, 2.45) is 5.10 Å². The number of aryl methyl sites for hydroxylation is 1. The molecule has 0 aliphatic carbocycles. The zero-order chi connectivity index (χ0) is 14.5. The number of hydrazone groups is 1. The van der Waals surface area contributed by atoms with Crippen molar-refractivity contribution in [2.75, 3.05) is 7.11 Å². The molecule has 20 heavy (non-hydrogen) atoms. The van der Waals surface area contributed by atoms with Crippen molar-refractivity contribution in [3.05, 3.63) is 52.4 Å². The smallest absolute Gasteiger partial charge is 0.275 e. The molecular formula is C14H13ClN2O3.